The Morgan fingerprint density at radius 2 is 1.91 bits per heavy atom. The van der Waals surface area contributed by atoms with Gasteiger partial charge in [0.25, 0.3) is 0 Å². The lowest BCUT2D eigenvalue weighted by Gasteiger charge is -2.29. The van der Waals surface area contributed by atoms with Crippen molar-refractivity contribution in [3.05, 3.63) is 81.9 Å². The van der Waals surface area contributed by atoms with E-state index in [9.17, 15) is 9.90 Å². The van der Waals surface area contributed by atoms with E-state index in [1.807, 2.05) is 44.2 Å². The molecule has 0 fully saturated rings. The molecule has 1 aliphatic rings. The minimum absolute atomic E-state index is 0.176. The topological polar surface area (TPSA) is 96.6 Å². The van der Waals surface area contributed by atoms with Gasteiger partial charge >= 0.3 is 0 Å². The Balaban J connectivity index is 1.48. The summed E-state index contributed by atoms with van der Waals surface area (Å²) in [6, 6.07) is 15.5. The Hall–Kier alpha value is -3.22. The number of ether oxygens (including phenoxy) is 1. The highest BCUT2D eigenvalue weighted by Gasteiger charge is 2.25. The molecule has 5 N–H and O–H groups in total. The highest BCUT2D eigenvalue weighted by molar-refractivity contribution is 6.30. The third-order valence-electron chi connectivity index (χ3n) is 5.94. The van der Waals surface area contributed by atoms with Gasteiger partial charge in [0.1, 0.15) is 17.2 Å². The average molecular weight is 466 g/mol. The number of phenolic OH excluding ortho intramolecular Hbond substituents is 1. The van der Waals surface area contributed by atoms with Gasteiger partial charge in [-0.05, 0) is 91.9 Å². The predicted molar refractivity (Wildman–Crippen MR) is 131 cm³/mol. The van der Waals surface area contributed by atoms with E-state index in [4.69, 9.17) is 22.1 Å². The first-order chi connectivity index (χ1) is 15.8. The third-order valence-corrected chi connectivity index (χ3v) is 6.17. The second-order valence-corrected chi connectivity index (χ2v) is 8.89. The zero-order chi connectivity index (χ0) is 23.5. The maximum absolute atomic E-state index is 13.0. The number of hydrogen-bond donors (Lipinski definition) is 4. The molecule has 2 atom stereocenters. The van der Waals surface area contributed by atoms with Crippen molar-refractivity contribution < 1.29 is 14.6 Å². The van der Waals surface area contributed by atoms with Gasteiger partial charge in [-0.2, -0.15) is 0 Å². The molecule has 3 aromatic rings. The fourth-order valence-electron chi connectivity index (χ4n) is 4.26. The van der Waals surface area contributed by atoms with Crippen molar-refractivity contribution in [3.63, 3.8) is 0 Å². The number of carbonyl (C=O) groups excluding carboxylic acids is 1. The van der Waals surface area contributed by atoms with E-state index in [0.29, 0.717) is 22.9 Å². The van der Waals surface area contributed by atoms with Crippen LogP contribution in [0.5, 0.6) is 17.2 Å². The maximum atomic E-state index is 13.0. The van der Waals surface area contributed by atoms with Gasteiger partial charge in [0, 0.05) is 22.8 Å². The van der Waals surface area contributed by atoms with E-state index in [1.54, 1.807) is 24.3 Å². The number of nitrogens with one attached hydrogen (secondary N) is 2. The highest BCUT2D eigenvalue weighted by atomic mass is 35.5. The molecule has 1 aliphatic heterocycles. The van der Waals surface area contributed by atoms with Gasteiger partial charge in [-0.25, -0.2) is 0 Å². The monoisotopic (exact) mass is 465 g/mol. The molecule has 0 saturated heterocycles. The number of amides is 1. The molecule has 0 saturated carbocycles. The Morgan fingerprint density at radius 3 is 2.64 bits per heavy atom. The standard InChI is InChI=1S/C26H28ClN3O3/c1-15-10-18(31)11-16(2)21(15)14-23(28)26(32)30-25-8-9-29-24-7-6-20(13-22(24)25)33-19-5-3-4-17(27)12-19/h3-7,10-13,23,25,29,31H,8-9,14,28H2,1-2H3,(H,30,32). The minimum Gasteiger partial charge on any atom is -0.508 e. The molecule has 0 aliphatic carbocycles. The first-order valence-electron chi connectivity index (χ1n) is 11.0. The largest absolute Gasteiger partial charge is 0.508 e. The summed E-state index contributed by atoms with van der Waals surface area (Å²) < 4.78 is 5.97. The Morgan fingerprint density at radius 1 is 1.18 bits per heavy atom. The quantitative estimate of drug-likeness (QED) is 0.411. The van der Waals surface area contributed by atoms with Crippen LogP contribution in [0.25, 0.3) is 0 Å². The molecule has 6 nitrogen and oxygen atoms in total. The number of rotatable bonds is 6. The van der Waals surface area contributed by atoms with Gasteiger partial charge in [0.05, 0.1) is 12.1 Å². The predicted octanol–water partition coefficient (Wildman–Crippen LogP) is 5.00. The molecule has 0 radical (unpaired) electrons. The zero-order valence-electron chi connectivity index (χ0n) is 18.7. The van der Waals surface area contributed by atoms with Crippen LogP contribution in [-0.2, 0) is 11.2 Å². The number of anilines is 1. The lowest BCUT2D eigenvalue weighted by Crippen LogP contribution is -2.44. The molecular formula is C26H28ClN3O3. The van der Waals surface area contributed by atoms with Crippen molar-refractivity contribution in [1.82, 2.24) is 5.32 Å². The van der Waals surface area contributed by atoms with Crippen molar-refractivity contribution in [2.75, 3.05) is 11.9 Å². The van der Waals surface area contributed by atoms with Crippen LogP contribution in [0, 0.1) is 13.8 Å². The van der Waals surface area contributed by atoms with E-state index in [-0.39, 0.29) is 17.7 Å². The SMILES string of the molecule is Cc1cc(O)cc(C)c1CC(N)C(=O)NC1CCNc2ccc(Oc3cccc(Cl)c3)cc21. The van der Waals surface area contributed by atoms with E-state index in [0.717, 1.165) is 40.9 Å². The van der Waals surface area contributed by atoms with E-state index >= 15 is 0 Å². The van der Waals surface area contributed by atoms with Crippen LogP contribution in [0.2, 0.25) is 5.02 Å². The molecule has 7 heteroatoms. The van der Waals surface area contributed by atoms with Crippen LogP contribution in [0.15, 0.2) is 54.6 Å². The lowest BCUT2D eigenvalue weighted by molar-refractivity contribution is -0.123. The van der Waals surface area contributed by atoms with Gasteiger partial charge in [-0.3, -0.25) is 4.79 Å². The van der Waals surface area contributed by atoms with Gasteiger partial charge in [-0.15, -0.1) is 0 Å². The highest BCUT2D eigenvalue weighted by Crippen LogP contribution is 2.35. The van der Waals surface area contributed by atoms with Crippen molar-refractivity contribution in [2.24, 2.45) is 5.73 Å². The summed E-state index contributed by atoms with van der Waals surface area (Å²) in [7, 11) is 0. The Bertz CT molecular complexity index is 1160. The number of nitrogens with two attached hydrogens (primary N) is 1. The molecule has 2 unspecified atom stereocenters. The van der Waals surface area contributed by atoms with Crippen molar-refractivity contribution >= 4 is 23.2 Å². The molecule has 172 valence electrons. The minimum atomic E-state index is -0.698. The van der Waals surface area contributed by atoms with E-state index in [1.165, 1.54) is 0 Å². The molecular weight excluding hydrogens is 438 g/mol. The van der Waals surface area contributed by atoms with Crippen molar-refractivity contribution in [1.29, 1.82) is 0 Å². The zero-order valence-corrected chi connectivity index (χ0v) is 19.4. The van der Waals surface area contributed by atoms with Crippen LogP contribution < -0.4 is 21.1 Å². The second-order valence-electron chi connectivity index (χ2n) is 8.45. The molecule has 3 aromatic carbocycles. The Kier molecular flexibility index (Phi) is 6.77. The first kappa shape index (κ1) is 23.0. The second kappa shape index (κ2) is 9.73. The molecule has 33 heavy (non-hydrogen) atoms. The summed E-state index contributed by atoms with van der Waals surface area (Å²) in [5.74, 6) is 1.32. The van der Waals surface area contributed by atoms with Crippen LogP contribution in [0.4, 0.5) is 5.69 Å². The normalized spacial score (nSPS) is 15.8. The molecule has 1 amide bonds. The van der Waals surface area contributed by atoms with Crippen LogP contribution >= 0.6 is 11.6 Å². The summed E-state index contributed by atoms with van der Waals surface area (Å²) in [4.78, 5) is 13.0. The third kappa shape index (κ3) is 5.41. The number of aromatic hydroxyl groups is 1. The Labute approximate surface area is 198 Å². The van der Waals surface area contributed by atoms with Gasteiger partial charge in [0.15, 0.2) is 0 Å². The fraction of sp³-hybridized carbons (Fsp3) is 0.269. The van der Waals surface area contributed by atoms with Crippen LogP contribution in [0.1, 0.15) is 34.7 Å². The molecule has 1 heterocycles. The number of carbonyl (C=O) groups is 1. The smallest absolute Gasteiger partial charge is 0.237 e. The van der Waals surface area contributed by atoms with Crippen LogP contribution in [0.3, 0.4) is 0 Å². The maximum Gasteiger partial charge on any atom is 0.237 e. The van der Waals surface area contributed by atoms with E-state index in [2.05, 4.69) is 10.6 Å². The summed E-state index contributed by atoms with van der Waals surface area (Å²) in [6.07, 6.45) is 1.14. The van der Waals surface area contributed by atoms with E-state index < -0.39 is 6.04 Å². The van der Waals surface area contributed by atoms with Crippen LogP contribution in [-0.4, -0.2) is 23.6 Å². The summed E-state index contributed by atoms with van der Waals surface area (Å²) in [5, 5.41) is 16.9. The van der Waals surface area contributed by atoms with Gasteiger partial charge in [0.2, 0.25) is 5.91 Å². The number of hydrogen-bond acceptors (Lipinski definition) is 5. The summed E-state index contributed by atoms with van der Waals surface area (Å²) >= 11 is 6.06. The fourth-order valence-corrected chi connectivity index (χ4v) is 4.44. The summed E-state index contributed by atoms with van der Waals surface area (Å²) in [6.45, 7) is 4.58. The number of fused-ring (bicyclic) bond motifs is 1. The molecule has 0 aromatic heterocycles. The molecule has 0 spiro atoms. The molecule has 0 bridgehead atoms. The number of benzene rings is 3. The first-order valence-corrected chi connectivity index (χ1v) is 11.3. The molecule has 4 rings (SSSR count). The number of phenols is 1. The number of aryl methyl sites for hydroxylation is 2. The summed E-state index contributed by atoms with van der Waals surface area (Å²) in [5.41, 5.74) is 11.0. The van der Waals surface area contributed by atoms with Crippen molar-refractivity contribution in [3.8, 4) is 17.2 Å². The van der Waals surface area contributed by atoms with Gasteiger partial charge < -0.3 is 26.2 Å². The van der Waals surface area contributed by atoms with Crippen molar-refractivity contribution in [2.45, 2.75) is 38.8 Å². The average Bonchev–Trinajstić information content (AvgIpc) is 2.76. The van der Waals surface area contributed by atoms with Gasteiger partial charge in [-0.1, -0.05) is 17.7 Å². The number of halogens is 1. The lowest BCUT2D eigenvalue weighted by atomic mass is 9.94.